The lowest BCUT2D eigenvalue weighted by Gasteiger charge is -2.41. The fourth-order valence-electron chi connectivity index (χ4n) is 3.20. The van der Waals surface area contributed by atoms with Crippen LogP contribution in [0.2, 0.25) is 0 Å². The van der Waals surface area contributed by atoms with Crippen LogP contribution in [0.5, 0.6) is 5.75 Å². The number of nitrogens with one attached hydrogen (secondary N) is 1. The summed E-state index contributed by atoms with van der Waals surface area (Å²) >= 11 is 0. The van der Waals surface area contributed by atoms with Crippen LogP contribution in [-0.4, -0.2) is 74.8 Å². The van der Waals surface area contributed by atoms with Crippen LogP contribution >= 0.6 is 0 Å². The molecule has 25 heavy (non-hydrogen) atoms. The molecular weight excluding hydrogens is 318 g/mol. The molecule has 0 radical (unpaired) electrons. The Labute approximate surface area is 151 Å². The number of hydrogen-bond donors (Lipinski definition) is 1. The fourth-order valence-corrected chi connectivity index (χ4v) is 3.20. The average molecular weight is 349 g/mol. The van der Waals surface area contributed by atoms with E-state index in [2.05, 4.69) is 22.0 Å². The molecule has 0 aromatic heterocycles. The van der Waals surface area contributed by atoms with Crippen LogP contribution in [-0.2, 0) is 16.1 Å². The van der Waals surface area contributed by atoms with Crippen molar-refractivity contribution in [1.82, 2.24) is 15.1 Å². The topological polar surface area (TPSA) is 54.0 Å². The van der Waals surface area contributed by atoms with Crippen LogP contribution in [0.1, 0.15) is 19.4 Å². The molecule has 1 heterocycles. The van der Waals surface area contributed by atoms with Gasteiger partial charge < -0.3 is 14.8 Å². The van der Waals surface area contributed by atoms with Crippen molar-refractivity contribution in [3.05, 3.63) is 29.8 Å². The minimum absolute atomic E-state index is 0.0698. The van der Waals surface area contributed by atoms with E-state index >= 15 is 0 Å². The number of amides is 1. The van der Waals surface area contributed by atoms with Gasteiger partial charge in [0, 0.05) is 45.9 Å². The van der Waals surface area contributed by atoms with Crippen molar-refractivity contribution < 1.29 is 14.3 Å². The van der Waals surface area contributed by atoms with E-state index in [0.29, 0.717) is 12.6 Å². The van der Waals surface area contributed by atoms with E-state index in [1.165, 1.54) is 0 Å². The van der Waals surface area contributed by atoms with Gasteiger partial charge in [-0.25, -0.2) is 0 Å². The molecule has 0 saturated carbocycles. The Balaban J connectivity index is 1.81. The van der Waals surface area contributed by atoms with Gasteiger partial charge in [-0.15, -0.1) is 0 Å². The first-order valence-electron chi connectivity index (χ1n) is 8.92. The monoisotopic (exact) mass is 349 g/mol. The molecule has 1 amide bonds. The maximum absolute atomic E-state index is 12.5. The Hall–Kier alpha value is -1.63. The maximum atomic E-state index is 12.5. The van der Waals surface area contributed by atoms with Crippen LogP contribution < -0.4 is 10.1 Å². The van der Waals surface area contributed by atoms with Crippen LogP contribution in [0.15, 0.2) is 24.3 Å². The number of hydrogen-bond acceptors (Lipinski definition) is 5. The minimum Gasteiger partial charge on any atom is -0.497 e. The molecule has 1 N–H and O–H groups in total. The Morgan fingerprint density at radius 1 is 1.36 bits per heavy atom. The van der Waals surface area contributed by atoms with Gasteiger partial charge in [-0.1, -0.05) is 12.1 Å². The first kappa shape index (κ1) is 19.7. The van der Waals surface area contributed by atoms with Crippen molar-refractivity contribution in [2.45, 2.75) is 32.5 Å². The van der Waals surface area contributed by atoms with E-state index in [9.17, 15) is 4.79 Å². The summed E-state index contributed by atoms with van der Waals surface area (Å²) < 4.78 is 10.4. The highest BCUT2D eigenvalue weighted by atomic mass is 16.5. The summed E-state index contributed by atoms with van der Waals surface area (Å²) in [4.78, 5) is 17.2. The third-order valence-electron chi connectivity index (χ3n) is 4.91. The Kier molecular flexibility index (Phi) is 7.68. The Bertz CT molecular complexity index is 552. The summed E-state index contributed by atoms with van der Waals surface area (Å²) in [5, 5.41) is 3.04. The van der Waals surface area contributed by atoms with Crippen molar-refractivity contribution in [3.8, 4) is 5.75 Å². The van der Waals surface area contributed by atoms with Crippen LogP contribution in [0.3, 0.4) is 0 Å². The normalized spacial score (nSPS) is 20.2. The standard InChI is InChI=1S/C19H31N3O3/c1-15-14-22(9-8-21(15)10-11-24-3)16(2)19(23)20-13-17-6-5-7-18(12-17)25-4/h5-7,12,15-16H,8-11,13-14H2,1-4H3,(H,20,23)/t15-,16-/m1/s1. The Morgan fingerprint density at radius 3 is 2.84 bits per heavy atom. The highest BCUT2D eigenvalue weighted by Crippen LogP contribution is 2.14. The number of rotatable bonds is 8. The molecule has 2 rings (SSSR count). The highest BCUT2D eigenvalue weighted by Gasteiger charge is 2.29. The van der Waals surface area contributed by atoms with Gasteiger partial charge in [0.2, 0.25) is 5.91 Å². The third kappa shape index (κ3) is 5.70. The fraction of sp³-hybridized carbons (Fsp3) is 0.632. The van der Waals surface area contributed by atoms with Crippen molar-refractivity contribution in [2.75, 3.05) is 47.0 Å². The van der Waals surface area contributed by atoms with E-state index in [1.807, 2.05) is 31.2 Å². The van der Waals surface area contributed by atoms with Gasteiger partial charge in [0.1, 0.15) is 5.75 Å². The number of piperazine rings is 1. The van der Waals surface area contributed by atoms with Crippen molar-refractivity contribution in [1.29, 1.82) is 0 Å². The van der Waals surface area contributed by atoms with E-state index < -0.39 is 0 Å². The van der Waals surface area contributed by atoms with Gasteiger partial charge in [-0.05, 0) is 31.5 Å². The lowest BCUT2D eigenvalue weighted by atomic mass is 10.1. The van der Waals surface area contributed by atoms with E-state index in [4.69, 9.17) is 9.47 Å². The van der Waals surface area contributed by atoms with Gasteiger partial charge >= 0.3 is 0 Å². The molecular formula is C19H31N3O3. The van der Waals surface area contributed by atoms with Gasteiger partial charge in [0.05, 0.1) is 19.8 Å². The lowest BCUT2D eigenvalue weighted by Crippen LogP contribution is -2.57. The molecule has 6 heteroatoms. The van der Waals surface area contributed by atoms with E-state index in [-0.39, 0.29) is 11.9 Å². The minimum atomic E-state index is -0.127. The molecule has 1 aliphatic heterocycles. The molecule has 140 valence electrons. The molecule has 1 saturated heterocycles. The first-order chi connectivity index (χ1) is 12.0. The number of benzene rings is 1. The number of carbonyl (C=O) groups is 1. The zero-order chi connectivity index (χ0) is 18.2. The molecule has 0 bridgehead atoms. The molecule has 1 aromatic rings. The van der Waals surface area contributed by atoms with E-state index in [1.54, 1.807) is 14.2 Å². The zero-order valence-electron chi connectivity index (χ0n) is 15.8. The summed E-state index contributed by atoms with van der Waals surface area (Å²) in [6, 6.07) is 8.07. The first-order valence-corrected chi connectivity index (χ1v) is 8.92. The SMILES string of the molecule is COCCN1CCN([C@H](C)C(=O)NCc2cccc(OC)c2)C[C@H]1C. The van der Waals surface area contributed by atoms with Crippen LogP contribution in [0, 0.1) is 0 Å². The summed E-state index contributed by atoms with van der Waals surface area (Å²) in [6.07, 6.45) is 0. The second-order valence-electron chi connectivity index (χ2n) is 6.62. The van der Waals surface area contributed by atoms with Crippen LogP contribution in [0.25, 0.3) is 0 Å². The highest BCUT2D eigenvalue weighted by molar-refractivity contribution is 5.81. The van der Waals surface area contributed by atoms with Crippen molar-refractivity contribution in [3.63, 3.8) is 0 Å². The van der Waals surface area contributed by atoms with E-state index in [0.717, 1.165) is 44.1 Å². The van der Waals surface area contributed by atoms with Gasteiger partial charge in [0.15, 0.2) is 0 Å². The quantitative estimate of drug-likeness (QED) is 0.768. The Morgan fingerprint density at radius 2 is 2.16 bits per heavy atom. The predicted molar refractivity (Wildman–Crippen MR) is 98.8 cm³/mol. The van der Waals surface area contributed by atoms with Crippen molar-refractivity contribution >= 4 is 5.91 Å². The third-order valence-corrected chi connectivity index (χ3v) is 4.91. The zero-order valence-corrected chi connectivity index (χ0v) is 15.8. The summed E-state index contributed by atoms with van der Waals surface area (Å²) in [5.74, 6) is 0.876. The molecule has 0 spiro atoms. The molecule has 1 aromatic carbocycles. The molecule has 2 atom stereocenters. The van der Waals surface area contributed by atoms with Gasteiger partial charge in [0.25, 0.3) is 0 Å². The predicted octanol–water partition coefficient (Wildman–Crippen LogP) is 1.35. The lowest BCUT2D eigenvalue weighted by molar-refractivity contribution is -0.127. The summed E-state index contributed by atoms with van der Waals surface area (Å²) in [5.41, 5.74) is 1.04. The smallest absolute Gasteiger partial charge is 0.237 e. The summed E-state index contributed by atoms with van der Waals surface area (Å²) in [6.45, 7) is 9.19. The van der Waals surface area contributed by atoms with Gasteiger partial charge in [-0.3, -0.25) is 14.6 Å². The number of nitrogens with zero attached hydrogens (tertiary/aromatic N) is 2. The molecule has 6 nitrogen and oxygen atoms in total. The average Bonchev–Trinajstić information content (AvgIpc) is 2.64. The molecule has 0 unspecified atom stereocenters. The molecule has 1 fully saturated rings. The number of methoxy groups -OCH3 is 2. The molecule has 1 aliphatic rings. The second kappa shape index (κ2) is 9.75. The van der Waals surface area contributed by atoms with Gasteiger partial charge in [-0.2, -0.15) is 0 Å². The molecule has 0 aliphatic carbocycles. The number of carbonyl (C=O) groups excluding carboxylic acids is 1. The summed E-state index contributed by atoms with van der Waals surface area (Å²) in [7, 11) is 3.38. The van der Waals surface area contributed by atoms with Crippen molar-refractivity contribution in [2.24, 2.45) is 0 Å². The number of ether oxygens (including phenoxy) is 2. The van der Waals surface area contributed by atoms with Crippen LogP contribution in [0.4, 0.5) is 0 Å². The second-order valence-corrected chi connectivity index (χ2v) is 6.62. The maximum Gasteiger partial charge on any atom is 0.237 e. The largest absolute Gasteiger partial charge is 0.497 e.